The Hall–Kier alpha value is -2.12. The summed E-state index contributed by atoms with van der Waals surface area (Å²) in [7, 11) is -1.41. The molecule has 0 aliphatic heterocycles. The predicted molar refractivity (Wildman–Crippen MR) is 197 cm³/mol. The Balaban J connectivity index is 2.34. The second-order valence-corrected chi connectivity index (χ2v) is 23.8. The molecule has 2 rings (SSSR count). The van der Waals surface area contributed by atoms with Crippen molar-refractivity contribution >= 4 is 33.0 Å². The predicted octanol–water partition coefficient (Wildman–Crippen LogP) is 7.64. The number of hydrogen-bond donors (Lipinski definition) is 0. The molecule has 3 atom stereocenters. The summed E-state index contributed by atoms with van der Waals surface area (Å²) in [6, 6.07) is 21.5. The highest BCUT2D eigenvalue weighted by molar-refractivity contribution is 6.99. The molecule has 0 N–H and O–H groups in total. The normalized spacial score (nSPS) is 15.0. The maximum atomic E-state index is 11.9. The van der Waals surface area contributed by atoms with Crippen LogP contribution < -0.4 is 10.4 Å². The van der Waals surface area contributed by atoms with Crippen LogP contribution >= 0.6 is 0 Å². The van der Waals surface area contributed by atoms with Crippen molar-refractivity contribution in [2.24, 2.45) is 0 Å². The maximum absolute atomic E-state index is 11.9. The quantitative estimate of drug-likeness (QED) is 0.0614. The van der Waals surface area contributed by atoms with Gasteiger partial charge in [0.1, 0.15) is 6.79 Å². The average Bonchev–Trinajstić information content (AvgIpc) is 3.00. The molecule has 9 heteroatoms. The van der Waals surface area contributed by atoms with Crippen LogP contribution in [0.1, 0.15) is 74.1 Å². The van der Waals surface area contributed by atoms with E-state index in [2.05, 4.69) is 115 Å². The van der Waals surface area contributed by atoms with Crippen molar-refractivity contribution in [3.8, 4) is 0 Å². The molecule has 7 nitrogen and oxygen atoms in total. The van der Waals surface area contributed by atoms with E-state index >= 15 is 0 Å². The first-order valence-electron chi connectivity index (χ1n) is 17.0. The van der Waals surface area contributed by atoms with Crippen LogP contribution in [0, 0.1) is 0 Å². The van der Waals surface area contributed by atoms with Crippen molar-refractivity contribution in [3.05, 3.63) is 72.8 Å². The summed E-state index contributed by atoms with van der Waals surface area (Å²) in [5.41, 5.74) is 0. The van der Waals surface area contributed by atoms with Crippen LogP contribution in [0.4, 0.5) is 0 Å². The zero-order chi connectivity index (χ0) is 35.1. The van der Waals surface area contributed by atoms with E-state index in [1.807, 2.05) is 6.08 Å². The third-order valence-electron chi connectivity index (χ3n) is 9.19. The third-order valence-corrected chi connectivity index (χ3v) is 18.8. The molecule has 0 unspecified atom stereocenters. The number of carbonyl (C=O) groups is 1. The molecule has 0 heterocycles. The van der Waals surface area contributed by atoms with Gasteiger partial charge in [-0.1, -0.05) is 108 Å². The third kappa shape index (κ3) is 12.4. The van der Waals surface area contributed by atoms with Gasteiger partial charge in [0.25, 0.3) is 8.32 Å². The molecule has 0 radical (unpaired) electrons. The zero-order valence-corrected chi connectivity index (χ0v) is 33.0. The van der Waals surface area contributed by atoms with Gasteiger partial charge in [-0.25, -0.2) is 4.79 Å². The van der Waals surface area contributed by atoms with Crippen molar-refractivity contribution in [2.45, 2.75) is 116 Å². The first-order valence-corrected chi connectivity index (χ1v) is 21.8. The molecule has 2 aromatic carbocycles. The first kappa shape index (κ1) is 41.1. The topological polar surface area (TPSA) is 72.5 Å². The van der Waals surface area contributed by atoms with Crippen molar-refractivity contribution in [1.82, 2.24) is 0 Å². The fourth-order valence-corrected chi connectivity index (χ4v) is 11.7. The van der Waals surface area contributed by atoms with E-state index in [1.165, 1.54) is 16.4 Å². The van der Waals surface area contributed by atoms with Gasteiger partial charge in [-0.05, 0) is 66.2 Å². The lowest BCUT2D eigenvalue weighted by Gasteiger charge is -2.43. The fourth-order valence-electron chi connectivity index (χ4n) is 5.71. The van der Waals surface area contributed by atoms with Gasteiger partial charge in [0.2, 0.25) is 0 Å². The summed E-state index contributed by atoms with van der Waals surface area (Å²) in [6.07, 6.45) is 5.47. The Labute approximate surface area is 287 Å². The molecule has 264 valence electrons. The van der Waals surface area contributed by atoms with Crippen LogP contribution in [0.25, 0.3) is 0 Å². The number of methoxy groups -OCH3 is 2. The summed E-state index contributed by atoms with van der Waals surface area (Å²) in [6.45, 7) is 21.1. The lowest BCUT2D eigenvalue weighted by Crippen LogP contribution is -2.66. The second kappa shape index (κ2) is 19.2. The van der Waals surface area contributed by atoms with Gasteiger partial charge in [0, 0.05) is 33.0 Å². The van der Waals surface area contributed by atoms with Gasteiger partial charge in [-0.15, -0.1) is 0 Å². The van der Waals surface area contributed by atoms with Crippen LogP contribution in [0.2, 0.25) is 23.2 Å². The Kier molecular flexibility index (Phi) is 16.7. The highest BCUT2D eigenvalue weighted by Crippen LogP contribution is 2.39. The number of carbonyl (C=O) groups excluding carboxylic acids is 1. The Morgan fingerprint density at radius 2 is 1.36 bits per heavy atom. The smallest absolute Gasteiger partial charge is 0.330 e. The van der Waals surface area contributed by atoms with E-state index in [9.17, 15) is 4.79 Å². The monoisotopic (exact) mass is 686 g/mol. The SMILES string of the molecule is CCOC(=O)/C=C/C[C@@H](C[C@@H](C[C@@H](CCO[Si](c1ccccc1)(c1ccccc1)C(C)(C)C)OC)O[Si](C)(C)C(C)(C)C)OCOC. The van der Waals surface area contributed by atoms with Crippen LogP contribution in [0.3, 0.4) is 0 Å². The number of ether oxygens (including phenoxy) is 4. The van der Waals surface area contributed by atoms with E-state index < -0.39 is 16.6 Å². The van der Waals surface area contributed by atoms with E-state index in [0.29, 0.717) is 32.5 Å². The van der Waals surface area contributed by atoms with Crippen LogP contribution in [0.5, 0.6) is 0 Å². The van der Waals surface area contributed by atoms with Gasteiger partial charge in [-0.2, -0.15) is 0 Å². The molecule has 0 spiro atoms. The first-order chi connectivity index (χ1) is 22.1. The highest BCUT2D eigenvalue weighted by atomic mass is 28.4. The van der Waals surface area contributed by atoms with Gasteiger partial charge in [0.05, 0.1) is 18.8 Å². The van der Waals surface area contributed by atoms with Crippen molar-refractivity contribution in [2.75, 3.05) is 34.2 Å². The summed E-state index contributed by atoms with van der Waals surface area (Å²) >= 11 is 0. The van der Waals surface area contributed by atoms with Crippen LogP contribution in [-0.4, -0.2) is 75.1 Å². The minimum absolute atomic E-state index is 0.0346. The molecule has 0 amide bonds. The van der Waals surface area contributed by atoms with Gasteiger partial charge >= 0.3 is 5.97 Å². The summed E-state index contributed by atoms with van der Waals surface area (Å²) in [5.74, 6) is -0.354. The van der Waals surface area contributed by atoms with E-state index in [0.717, 1.165) is 6.42 Å². The van der Waals surface area contributed by atoms with Crippen molar-refractivity contribution < 1.29 is 32.6 Å². The number of rotatable bonds is 20. The standard InChI is InChI=1S/C38H62O7Si2/c1-12-42-36(39)25-19-20-32(43-30-40-8)29-33(45-46(10,11)37(2,3)4)28-31(41-9)26-27-44-47(38(5,6)7,34-21-15-13-16-22-34)35-23-17-14-18-24-35/h13-19,21-25,31-33H,12,20,26-30H2,1-11H3/b25-19+/t31-,32+,33-/m1/s1. The Morgan fingerprint density at radius 3 is 1.83 bits per heavy atom. The van der Waals surface area contributed by atoms with E-state index in [1.54, 1.807) is 21.1 Å². The molecule has 0 aromatic heterocycles. The van der Waals surface area contributed by atoms with Crippen LogP contribution in [-0.2, 0) is 32.6 Å². The largest absolute Gasteiger partial charge is 0.463 e. The Bertz CT molecular complexity index is 1150. The zero-order valence-electron chi connectivity index (χ0n) is 31.0. The van der Waals surface area contributed by atoms with E-state index in [-0.39, 0.29) is 41.2 Å². The minimum atomic E-state index is -2.66. The molecule has 0 aliphatic rings. The van der Waals surface area contributed by atoms with Crippen molar-refractivity contribution in [1.29, 1.82) is 0 Å². The van der Waals surface area contributed by atoms with Gasteiger partial charge in [0.15, 0.2) is 8.32 Å². The minimum Gasteiger partial charge on any atom is -0.463 e. The molecule has 2 aromatic rings. The maximum Gasteiger partial charge on any atom is 0.330 e. The highest BCUT2D eigenvalue weighted by Gasteiger charge is 2.50. The molecule has 47 heavy (non-hydrogen) atoms. The van der Waals surface area contributed by atoms with Crippen molar-refractivity contribution in [3.63, 3.8) is 0 Å². The average molecular weight is 687 g/mol. The molecule has 0 fully saturated rings. The number of benzene rings is 2. The molecule has 0 saturated heterocycles. The molecular weight excluding hydrogens is 625 g/mol. The molecule has 0 saturated carbocycles. The lowest BCUT2D eigenvalue weighted by atomic mass is 10.0. The second-order valence-electron chi connectivity index (χ2n) is 14.7. The summed E-state index contributed by atoms with van der Waals surface area (Å²) < 4.78 is 36.8. The summed E-state index contributed by atoms with van der Waals surface area (Å²) in [4.78, 5) is 11.9. The fraction of sp³-hybridized carbons (Fsp3) is 0.605. The number of hydrogen-bond acceptors (Lipinski definition) is 7. The molecule has 0 aliphatic carbocycles. The number of esters is 1. The molecule has 0 bridgehead atoms. The van der Waals surface area contributed by atoms with Gasteiger partial charge < -0.3 is 27.8 Å². The summed E-state index contributed by atoms with van der Waals surface area (Å²) in [5, 5.41) is 2.46. The molecular formula is C38H62O7Si2. The van der Waals surface area contributed by atoms with E-state index in [4.69, 9.17) is 27.8 Å². The van der Waals surface area contributed by atoms with Crippen LogP contribution in [0.15, 0.2) is 72.8 Å². The Morgan fingerprint density at radius 1 is 0.809 bits per heavy atom. The lowest BCUT2D eigenvalue weighted by molar-refractivity contribution is -0.137. The van der Waals surface area contributed by atoms with Gasteiger partial charge in [-0.3, -0.25) is 0 Å².